The van der Waals surface area contributed by atoms with Crippen LogP contribution in [0.15, 0.2) is 41.6 Å². The van der Waals surface area contributed by atoms with E-state index in [1.807, 2.05) is 0 Å². The maximum atomic E-state index is 12.7. The summed E-state index contributed by atoms with van der Waals surface area (Å²) in [4.78, 5) is 15.3. The van der Waals surface area contributed by atoms with Gasteiger partial charge in [0.15, 0.2) is 0 Å². The van der Waals surface area contributed by atoms with Crippen LogP contribution in [0.5, 0.6) is 0 Å². The van der Waals surface area contributed by atoms with Gasteiger partial charge in [0.25, 0.3) is 0 Å². The molecule has 2 fully saturated rings. The highest BCUT2D eigenvalue weighted by Crippen LogP contribution is 2.44. The number of rotatable bonds is 6. The van der Waals surface area contributed by atoms with Gasteiger partial charge < -0.3 is 5.32 Å². The molecule has 4 rings (SSSR count). The van der Waals surface area contributed by atoms with Crippen LogP contribution >= 0.6 is 11.8 Å². The second-order valence-electron chi connectivity index (χ2n) is 6.66. The second kappa shape index (κ2) is 7.58. The van der Waals surface area contributed by atoms with Gasteiger partial charge in [-0.25, -0.2) is 0 Å². The highest BCUT2D eigenvalue weighted by Gasteiger charge is 2.46. The first-order valence-electron chi connectivity index (χ1n) is 8.90. The van der Waals surface area contributed by atoms with E-state index in [2.05, 4.69) is 56.0 Å². The molecule has 7 heteroatoms. The number of thioether (sulfide) groups is 1. The van der Waals surface area contributed by atoms with Crippen molar-refractivity contribution in [2.24, 2.45) is 5.92 Å². The molecule has 2 aliphatic rings. The molecule has 1 amide bonds. The van der Waals surface area contributed by atoms with Crippen molar-refractivity contribution in [2.45, 2.75) is 36.4 Å². The van der Waals surface area contributed by atoms with Gasteiger partial charge in [-0.2, -0.15) is 10.3 Å². The number of amides is 1. The smallest absolute Gasteiger partial charge is 0.224 e. The first-order valence-corrected chi connectivity index (χ1v) is 9.88. The topological polar surface area (TPSA) is 73.9 Å². The molecule has 6 nitrogen and oxygen atoms in total. The highest BCUT2D eigenvalue weighted by atomic mass is 32.2. The van der Waals surface area contributed by atoms with E-state index in [0.717, 1.165) is 30.2 Å². The zero-order chi connectivity index (χ0) is 17.1. The predicted molar refractivity (Wildman–Crippen MR) is 97.1 cm³/mol. The van der Waals surface area contributed by atoms with Crippen LogP contribution in [0, 0.1) is 5.92 Å². The van der Waals surface area contributed by atoms with Crippen LogP contribution in [-0.2, 0) is 4.79 Å². The van der Waals surface area contributed by atoms with Gasteiger partial charge in [0, 0.05) is 24.4 Å². The Kier molecular flexibility index (Phi) is 5.03. The van der Waals surface area contributed by atoms with Crippen molar-refractivity contribution in [1.82, 2.24) is 25.6 Å². The summed E-state index contributed by atoms with van der Waals surface area (Å²) in [7, 11) is 0. The average Bonchev–Trinajstić information content (AvgIpc) is 3.36. The van der Waals surface area contributed by atoms with Crippen molar-refractivity contribution in [2.75, 3.05) is 18.8 Å². The molecular formula is C18H23N5OS. The van der Waals surface area contributed by atoms with E-state index in [4.69, 9.17) is 0 Å². The lowest BCUT2D eigenvalue weighted by molar-refractivity contribution is -0.125. The maximum absolute atomic E-state index is 12.7. The third-order valence-electron chi connectivity index (χ3n) is 5.25. The molecule has 0 radical (unpaired) electrons. The molecule has 2 aliphatic heterocycles. The Morgan fingerprint density at radius 2 is 2.24 bits per heavy atom. The number of hydrogen-bond acceptors (Lipinski definition) is 5. The summed E-state index contributed by atoms with van der Waals surface area (Å²) in [5.74, 6) is 1.11. The molecular weight excluding hydrogens is 334 g/mol. The highest BCUT2D eigenvalue weighted by molar-refractivity contribution is 7.99. The number of nitrogens with one attached hydrogen (secondary N) is 2. The number of benzene rings is 1. The SMILES string of the molecule is O=C(NCCSc1cn[nH]n1)C1CC(c2ccccc2)N2CCC[C@@H]12. The average molecular weight is 357 g/mol. The minimum absolute atomic E-state index is 0.102. The van der Waals surface area contributed by atoms with Gasteiger partial charge in [0.1, 0.15) is 5.03 Å². The molecule has 0 spiro atoms. The summed E-state index contributed by atoms with van der Waals surface area (Å²) in [6, 6.07) is 11.4. The monoisotopic (exact) mass is 357 g/mol. The summed E-state index contributed by atoms with van der Waals surface area (Å²) in [5, 5.41) is 14.4. The zero-order valence-corrected chi connectivity index (χ0v) is 14.9. The Hall–Kier alpha value is -1.86. The van der Waals surface area contributed by atoms with Crippen LogP contribution in [0.3, 0.4) is 0 Å². The number of H-pyrrole nitrogens is 1. The molecule has 0 aliphatic carbocycles. The number of fused-ring (bicyclic) bond motifs is 1. The van der Waals surface area contributed by atoms with Crippen LogP contribution in [0.4, 0.5) is 0 Å². The number of nitrogens with zero attached hydrogens (tertiary/aromatic N) is 3. The summed E-state index contributed by atoms with van der Waals surface area (Å²) in [5.41, 5.74) is 1.34. The number of carbonyl (C=O) groups excluding carboxylic acids is 1. The second-order valence-corrected chi connectivity index (χ2v) is 7.78. The van der Waals surface area contributed by atoms with Crippen LogP contribution < -0.4 is 5.32 Å². The molecule has 0 bridgehead atoms. The van der Waals surface area contributed by atoms with Crippen molar-refractivity contribution in [3.05, 3.63) is 42.1 Å². The van der Waals surface area contributed by atoms with Crippen molar-refractivity contribution < 1.29 is 4.79 Å². The van der Waals surface area contributed by atoms with Gasteiger partial charge in [0.2, 0.25) is 5.91 Å². The number of carbonyl (C=O) groups is 1. The van der Waals surface area contributed by atoms with Gasteiger partial charge in [-0.1, -0.05) is 30.3 Å². The van der Waals surface area contributed by atoms with E-state index < -0.39 is 0 Å². The molecule has 3 atom stereocenters. The molecule has 2 saturated heterocycles. The third-order valence-corrected chi connectivity index (χ3v) is 6.15. The standard InChI is InChI=1S/C18H23N5OS/c24-18(19-8-10-25-17-12-20-22-21-17)14-11-16(13-5-2-1-3-6-13)23-9-4-7-15(14)23/h1-3,5-6,12,14-16H,4,7-11H2,(H,19,24)(H,20,21,22)/t14?,15-,16?/m0/s1. The Balaban J connectivity index is 1.34. The lowest BCUT2D eigenvalue weighted by atomic mass is 9.93. The molecule has 1 aromatic heterocycles. The lowest BCUT2D eigenvalue weighted by Crippen LogP contribution is -2.38. The van der Waals surface area contributed by atoms with Gasteiger partial charge in [-0.05, 0) is 31.4 Å². The normalized spacial score (nSPS) is 25.8. The first-order chi connectivity index (χ1) is 12.3. The fraction of sp³-hybridized carbons (Fsp3) is 0.500. The van der Waals surface area contributed by atoms with E-state index in [9.17, 15) is 4.79 Å². The van der Waals surface area contributed by atoms with E-state index >= 15 is 0 Å². The van der Waals surface area contributed by atoms with Crippen LogP contribution in [0.2, 0.25) is 0 Å². The molecule has 25 heavy (non-hydrogen) atoms. The van der Waals surface area contributed by atoms with Gasteiger partial charge in [0.05, 0.1) is 12.1 Å². The van der Waals surface area contributed by atoms with Crippen LogP contribution in [0.1, 0.15) is 30.9 Å². The lowest BCUT2D eigenvalue weighted by Gasteiger charge is -2.24. The van der Waals surface area contributed by atoms with Gasteiger partial charge >= 0.3 is 0 Å². The Morgan fingerprint density at radius 1 is 1.36 bits per heavy atom. The van der Waals surface area contributed by atoms with Gasteiger partial charge in [-0.15, -0.1) is 16.9 Å². The van der Waals surface area contributed by atoms with Crippen LogP contribution in [-0.4, -0.2) is 51.1 Å². The largest absolute Gasteiger partial charge is 0.355 e. The minimum atomic E-state index is 0.102. The Morgan fingerprint density at radius 3 is 3.04 bits per heavy atom. The molecule has 0 saturated carbocycles. The van der Waals surface area contributed by atoms with Crippen molar-refractivity contribution in [3.8, 4) is 0 Å². The number of aromatic amines is 1. The number of aromatic nitrogens is 3. The van der Waals surface area contributed by atoms with Crippen molar-refractivity contribution in [1.29, 1.82) is 0 Å². The quantitative estimate of drug-likeness (QED) is 0.613. The fourth-order valence-corrected chi connectivity index (χ4v) is 4.82. The Bertz CT molecular complexity index is 693. The Labute approximate surface area is 151 Å². The fourth-order valence-electron chi connectivity index (χ4n) is 4.17. The summed E-state index contributed by atoms with van der Waals surface area (Å²) in [6.45, 7) is 1.77. The zero-order valence-electron chi connectivity index (χ0n) is 14.1. The van der Waals surface area contributed by atoms with Crippen LogP contribution in [0.25, 0.3) is 0 Å². The number of hydrogen-bond donors (Lipinski definition) is 2. The summed E-state index contributed by atoms with van der Waals surface area (Å²) < 4.78 is 0. The third kappa shape index (κ3) is 3.57. The molecule has 3 heterocycles. The van der Waals surface area contributed by atoms with E-state index in [1.54, 1.807) is 18.0 Å². The summed E-state index contributed by atoms with van der Waals surface area (Å²) >= 11 is 1.60. The molecule has 132 valence electrons. The van der Waals surface area contributed by atoms with Crippen molar-refractivity contribution >= 4 is 17.7 Å². The van der Waals surface area contributed by atoms with E-state index in [-0.39, 0.29) is 11.8 Å². The van der Waals surface area contributed by atoms with E-state index in [1.165, 1.54) is 12.0 Å². The maximum Gasteiger partial charge on any atom is 0.224 e. The summed E-state index contributed by atoms with van der Waals surface area (Å²) in [6.07, 6.45) is 4.95. The minimum Gasteiger partial charge on any atom is -0.355 e. The van der Waals surface area contributed by atoms with E-state index in [0.29, 0.717) is 18.6 Å². The molecule has 2 aromatic rings. The molecule has 2 N–H and O–H groups in total. The predicted octanol–water partition coefficient (Wildman–Crippen LogP) is 2.24. The molecule has 2 unspecified atom stereocenters. The first kappa shape index (κ1) is 16.6. The van der Waals surface area contributed by atoms with Gasteiger partial charge in [-0.3, -0.25) is 9.69 Å². The van der Waals surface area contributed by atoms with Crippen molar-refractivity contribution in [3.63, 3.8) is 0 Å². The molecule has 1 aromatic carbocycles.